The largest absolute Gasteiger partial charge is 0.491 e. The number of hydrogen-bond donors (Lipinski definition) is 1. The van der Waals surface area contributed by atoms with E-state index in [1.165, 1.54) is 14.2 Å². The van der Waals surface area contributed by atoms with Crippen molar-refractivity contribution in [3.05, 3.63) is 50.6 Å². The SMILES string of the molecule is CC(C)Oc1ccc(C(C)NCc2ccc(Br)s2)cc1. The van der Waals surface area contributed by atoms with Crippen molar-refractivity contribution in [2.75, 3.05) is 0 Å². The molecule has 1 N–H and O–H groups in total. The third-order valence-electron chi connectivity index (χ3n) is 2.96. The van der Waals surface area contributed by atoms with Crippen LogP contribution in [0.3, 0.4) is 0 Å². The van der Waals surface area contributed by atoms with Crippen LogP contribution < -0.4 is 10.1 Å². The number of benzene rings is 1. The van der Waals surface area contributed by atoms with Gasteiger partial charge in [0.2, 0.25) is 0 Å². The van der Waals surface area contributed by atoms with Crippen molar-refractivity contribution in [1.29, 1.82) is 0 Å². The Morgan fingerprint density at radius 1 is 1.10 bits per heavy atom. The second-order valence-corrected chi connectivity index (χ2v) is 7.59. The van der Waals surface area contributed by atoms with Crippen molar-refractivity contribution in [2.45, 2.75) is 39.5 Å². The number of halogens is 1. The lowest BCUT2D eigenvalue weighted by Gasteiger charge is -2.15. The van der Waals surface area contributed by atoms with E-state index >= 15 is 0 Å². The molecule has 0 aliphatic heterocycles. The molecular formula is C16H20BrNOS. The van der Waals surface area contributed by atoms with Gasteiger partial charge in [-0.15, -0.1) is 11.3 Å². The normalized spacial score (nSPS) is 12.7. The topological polar surface area (TPSA) is 21.3 Å². The van der Waals surface area contributed by atoms with Gasteiger partial charge in [-0.1, -0.05) is 12.1 Å². The molecule has 1 unspecified atom stereocenters. The van der Waals surface area contributed by atoms with E-state index in [9.17, 15) is 0 Å². The van der Waals surface area contributed by atoms with E-state index in [-0.39, 0.29) is 6.10 Å². The van der Waals surface area contributed by atoms with Crippen LogP contribution in [0.2, 0.25) is 0 Å². The van der Waals surface area contributed by atoms with Gasteiger partial charge in [0.1, 0.15) is 5.75 Å². The number of rotatable bonds is 6. The first-order chi connectivity index (χ1) is 9.54. The quantitative estimate of drug-likeness (QED) is 0.775. The average molecular weight is 354 g/mol. The standard InChI is InChI=1S/C16H20BrNOS/c1-11(2)19-14-6-4-13(5-7-14)12(3)18-10-15-8-9-16(17)20-15/h4-9,11-12,18H,10H2,1-3H3. The Hall–Kier alpha value is -0.840. The molecule has 0 radical (unpaired) electrons. The van der Waals surface area contributed by atoms with Gasteiger partial charge in [0.15, 0.2) is 0 Å². The molecule has 108 valence electrons. The number of hydrogen-bond acceptors (Lipinski definition) is 3. The molecule has 2 nitrogen and oxygen atoms in total. The van der Waals surface area contributed by atoms with Crippen molar-refractivity contribution >= 4 is 27.3 Å². The molecule has 0 bridgehead atoms. The smallest absolute Gasteiger partial charge is 0.119 e. The fraction of sp³-hybridized carbons (Fsp3) is 0.375. The van der Waals surface area contributed by atoms with Gasteiger partial charge in [0, 0.05) is 17.5 Å². The predicted octanol–water partition coefficient (Wildman–Crippen LogP) is 5.15. The highest BCUT2D eigenvalue weighted by Gasteiger charge is 2.06. The van der Waals surface area contributed by atoms with Gasteiger partial charge in [0.25, 0.3) is 0 Å². The van der Waals surface area contributed by atoms with E-state index in [4.69, 9.17) is 4.74 Å². The molecule has 1 aromatic heterocycles. The van der Waals surface area contributed by atoms with Gasteiger partial charge >= 0.3 is 0 Å². The maximum absolute atomic E-state index is 5.66. The molecule has 0 fully saturated rings. The van der Waals surface area contributed by atoms with E-state index in [1.807, 2.05) is 26.0 Å². The Morgan fingerprint density at radius 3 is 2.35 bits per heavy atom. The van der Waals surface area contributed by atoms with Crippen LogP contribution in [-0.2, 0) is 6.54 Å². The van der Waals surface area contributed by atoms with Crippen LogP contribution >= 0.6 is 27.3 Å². The molecular weight excluding hydrogens is 334 g/mol. The summed E-state index contributed by atoms with van der Waals surface area (Å²) in [5.41, 5.74) is 1.27. The zero-order chi connectivity index (χ0) is 14.5. The molecule has 0 saturated heterocycles. The molecule has 20 heavy (non-hydrogen) atoms. The summed E-state index contributed by atoms with van der Waals surface area (Å²) in [5, 5.41) is 3.54. The number of nitrogens with one attached hydrogen (secondary N) is 1. The van der Waals surface area contributed by atoms with Crippen LogP contribution in [0.15, 0.2) is 40.2 Å². The van der Waals surface area contributed by atoms with E-state index in [0.717, 1.165) is 12.3 Å². The molecule has 4 heteroatoms. The molecule has 0 aliphatic carbocycles. The van der Waals surface area contributed by atoms with Crippen LogP contribution in [0.1, 0.15) is 37.3 Å². The van der Waals surface area contributed by atoms with Crippen molar-refractivity contribution in [2.24, 2.45) is 0 Å². The van der Waals surface area contributed by atoms with Crippen molar-refractivity contribution in [3.8, 4) is 5.75 Å². The highest BCUT2D eigenvalue weighted by Crippen LogP contribution is 2.23. The van der Waals surface area contributed by atoms with Crippen molar-refractivity contribution in [1.82, 2.24) is 5.32 Å². The van der Waals surface area contributed by atoms with Gasteiger partial charge in [0.05, 0.1) is 9.89 Å². The van der Waals surface area contributed by atoms with E-state index in [1.54, 1.807) is 11.3 Å². The summed E-state index contributed by atoms with van der Waals surface area (Å²) in [6, 6.07) is 12.9. The van der Waals surface area contributed by atoms with Crippen molar-refractivity contribution < 1.29 is 4.74 Å². The Morgan fingerprint density at radius 2 is 1.80 bits per heavy atom. The van der Waals surface area contributed by atoms with Crippen LogP contribution in [0.25, 0.3) is 0 Å². The summed E-state index contributed by atoms with van der Waals surface area (Å²) < 4.78 is 6.83. The van der Waals surface area contributed by atoms with Gasteiger partial charge in [-0.2, -0.15) is 0 Å². The van der Waals surface area contributed by atoms with Gasteiger partial charge in [-0.3, -0.25) is 0 Å². The van der Waals surface area contributed by atoms with Gasteiger partial charge in [-0.05, 0) is 66.5 Å². The maximum Gasteiger partial charge on any atom is 0.119 e. The highest BCUT2D eigenvalue weighted by molar-refractivity contribution is 9.11. The van der Waals surface area contributed by atoms with Gasteiger partial charge in [-0.25, -0.2) is 0 Å². The number of thiophene rings is 1. The second-order valence-electron chi connectivity index (χ2n) is 5.04. The van der Waals surface area contributed by atoms with E-state index in [2.05, 4.69) is 52.4 Å². The second kappa shape index (κ2) is 7.25. The van der Waals surface area contributed by atoms with Crippen molar-refractivity contribution in [3.63, 3.8) is 0 Å². The molecule has 1 heterocycles. The molecule has 0 aliphatic rings. The van der Waals surface area contributed by atoms with Gasteiger partial charge < -0.3 is 10.1 Å². The minimum atomic E-state index is 0.216. The highest BCUT2D eigenvalue weighted by atomic mass is 79.9. The summed E-state index contributed by atoms with van der Waals surface area (Å²) in [4.78, 5) is 1.34. The fourth-order valence-corrected chi connectivity index (χ4v) is 3.36. The van der Waals surface area contributed by atoms with E-state index in [0.29, 0.717) is 6.04 Å². The molecule has 0 saturated carbocycles. The Labute approximate surface area is 133 Å². The molecule has 0 amide bonds. The molecule has 2 aromatic rings. The molecule has 1 atom stereocenters. The van der Waals surface area contributed by atoms with Crippen LogP contribution in [0.5, 0.6) is 5.75 Å². The van der Waals surface area contributed by atoms with Crippen LogP contribution in [0.4, 0.5) is 0 Å². The molecule has 0 spiro atoms. The summed E-state index contributed by atoms with van der Waals surface area (Å²) in [5.74, 6) is 0.929. The molecule has 2 rings (SSSR count). The first-order valence-electron chi connectivity index (χ1n) is 6.79. The minimum Gasteiger partial charge on any atom is -0.491 e. The zero-order valence-electron chi connectivity index (χ0n) is 12.0. The number of ether oxygens (including phenoxy) is 1. The Balaban J connectivity index is 1.90. The first-order valence-corrected chi connectivity index (χ1v) is 8.40. The Kier molecular flexibility index (Phi) is 5.64. The first kappa shape index (κ1) is 15.5. The Bertz CT molecular complexity index is 536. The lowest BCUT2D eigenvalue weighted by Crippen LogP contribution is -2.17. The van der Waals surface area contributed by atoms with Crippen LogP contribution in [0, 0.1) is 0 Å². The average Bonchev–Trinajstić information content (AvgIpc) is 2.82. The lowest BCUT2D eigenvalue weighted by molar-refractivity contribution is 0.242. The van der Waals surface area contributed by atoms with E-state index < -0.39 is 0 Å². The fourth-order valence-electron chi connectivity index (χ4n) is 1.93. The summed E-state index contributed by atoms with van der Waals surface area (Å²) in [6.07, 6.45) is 0.216. The minimum absolute atomic E-state index is 0.216. The van der Waals surface area contributed by atoms with Crippen LogP contribution in [-0.4, -0.2) is 6.10 Å². The summed E-state index contributed by atoms with van der Waals surface area (Å²) >= 11 is 5.26. The molecule has 1 aromatic carbocycles. The summed E-state index contributed by atoms with van der Waals surface area (Å²) in [7, 11) is 0. The third-order valence-corrected chi connectivity index (χ3v) is 4.59. The predicted molar refractivity (Wildman–Crippen MR) is 89.5 cm³/mol. The summed E-state index contributed by atoms with van der Waals surface area (Å²) in [6.45, 7) is 7.15. The third kappa shape index (κ3) is 4.62. The zero-order valence-corrected chi connectivity index (χ0v) is 14.4. The monoisotopic (exact) mass is 353 g/mol. The lowest BCUT2D eigenvalue weighted by atomic mass is 10.1. The maximum atomic E-state index is 5.66.